The van der Waals surface area contributed by atoms with Gasteiger partial charge >= 0.3 is 0 Å². The molecule has 2 atom stereocenters. The van der Waals surface area contributed by atoms with Crippen LogP contribution in [-0.2, 0) is 21.5 Å². The van der Waals surface area contributed by atoms with Crippen LogP contribution in [0.3, 0.4) is 0 Å². The van der Waals surface area contributed by atoms with Gasteiger partial charge in [-0.15, -0.1) is 0 Å². The number of nitrogens with one attached hydrogen (secondary N) is 3. The van der Waals surface area contributed by atoms with E-state index in [1.165, 1.54) is 32.1 Å². The predicted octanol–water partition coefficient (Wildman–Crippen LogP) is 4.92. The first-order valence-electron chi connectivity index (χ1n) is 13.4. The molecule has 0 saturated heterocycles. The summed E-state index contributed by atoms with van der Waals surface area (Å²) in [6.07, 6.45) is 10.9. The van der Waals surface area contributed by atoms with Crippen LogP contribution in [-0.4, -0.2) is 40.0 Å². The molecule has 37 heavy (non-hydrogen) atoms. The third-order valence-electron chi connectivity index (χ3n) is 7.26. The summed E-state index contributed by atoms with van der Waals surface area (Å²) < 4.78 is 28.9. The largest absolute Gasteiger partial charge is 0.344 e. The molecule has 3 N–H and O–H groups in total. The average Bonchev–Trinajstić information content (AvgIpc) is 3.31. The van der Waals surface area contributed by atoms with Crippen molar-refractivity contribution in [2.24, 2.45) is 5.92 Å². The molecule has 0 spiro atoms. The highest BCUT2D eigenvalue weighted by Crippen LogP contribution is 2.27. The van der Waals surface area contributed by atoms with Gasteiger partial charge in [0.2, 0.25) is 11.8 Å². The van der Waals surface area contributed by atoms with Gasteiger partial charge in [0, 0.05) is 24.8 Å². The highest BCUT2D eigenvalue weighted by Gasteiger charge is 2.26. The van der Waals surface area contributed by atoms with Gasteiger partial charge in [0.15, 0.2) is 5.82 Å². The minimum atomic E-state index is -0.785. The molecule has 0 radical (unpaired) electrons. The third-order valence-corrected chi connectivity index (χ3v) is 7.26. The zero-order valence-electron chi connectivity index (χ0n) is 22.4. The molecule has 204 valence electrons. The van der Waals surface area contributed by atoms with Crippen LogP contribution in [0.25, 0.3) is 0 Å². The van der Waals surface area contributed by atoms with Gasteiger partial charge in [0.25, 0.3) is 0 Å². The second-order valence-electron chi connectivity index (χ2n) is 10.9. The second kappa shape index (κ2) is 13.1. The highest BCUT2D eigenvalue weighted by atomic mass is 19.1. The molecule has 0 bridgehead atoms. The number of hydrogen-bond acceptors (Lipinski definition) is 4. The number of carbonyl (C=O) groups is 2. The van der Waals surface area contributed by atoms with Gasteiger partial charge in [-0.3, -0.25) is 9.59 Å². The number of anilines is 1. The molecule has 0 aliphatic heterocycles. The zero-order chi connectivity index (χ0) is 27.0. The first kappa shape index (κ1) is 28.8. The van der Waals surface area contributed by atoms with Gasteiger partial charge < -0.3 is 20.5 Å². The topological polar surface area (TPSA) is 88.0 Å². The van der Waals surface area contributed by atoms with E-state index in [1.54, 1.807) is 12.5 Å². The van der Waals surface area contributed by atoms with Crippen LogP contribution in [0.5, 0.6) is 0 Å². The van der Waals surface area contributed by atoms with Crippen molar-refractivity contribution >= 4 is 17.6 Å². The molecule has 1 fully saturated rings. The Labute approximate surface area is 218 Å². The number of benzene rings is 1. The zero-order valence-corrected chi connectivity index (χ0v) is 22.4. The summed E-state index contributed by atoms with van der Waals surface area (Å²) >= 11 is 0. The second-order valence-corrected chi connectivity index (χ2v) is 10.9. The molecule has 1 aromatic heterocycles. The number of rotatable bonds is 12. The number of carbonyl (C=O) groups excluding carboxylic acids is 2. The van der Waals surface area contributed by atoms with Crippen LogP contribution in [0, 0.1) is 17.6 Å². The summed E-state index contributed by atoms with van der Waals surface area (Å²) in [6, 6.07) is 2.63. The van der Waals surface area contributed by atoms with Crippen LogP contribution in [0.15, 0.2) is 30.7 Å². The SMILES string of the molecule is CCC[C@H](NC(=O)Cc1cc(F)cc(F)c1)C(=O)Nc1cn(C(C)(C)CN[C@H](C)C2CCCCC2)cn1. The molecule has 7 nitrogen and oxygen atoms in total. The molecular formula is C28H41F2N5O2. The summed E-state index contributed by atoms with van der Waals surface area (Å²) in [6.45, 7) is 9.18. The molecule has 3 rings (SSSR count). The lowest BCUT2D eigenvalue weighted by atomic mass is 9.84. The fraction of sp³-hybridized carbons (Fsp3) is 0.607. The van der Waals surface area contributed by atoms with Gasteiger partial charge in [0.05, 0.1) is 18.3 Å². The van der Waals surface area contributed by atoms with E-state index in [9.17, 15) is 18.4 Å². The normalized spacial score (nSPS) is 16.3. The molecule has 1 aliphatic rings. The number of imidazole rings is 1. The van der Waals surface area contributed by atoms with E-state index in [0.29, 0.717) is 30.6 Å². The maximum absolute atomic E-state index is 13.4. The molecule has 1 heterocycles. The fourth-order valence-electron chi connectivity index (χ4n) is 4.94. The Morgan fingerprint density at radius 2 is 1.81 bits per heavy atom. The first-order chi connectivity index (χ1) is 17.6. The van der Waals surface area contributed by atoms with Crippen molar-refractivity contribution in [3.63, 3.8) is 0 Å². The van der Waals surface area contributed by atoms with Crippen molar-refractivity contribution in [1.29, 1.82) is 0 Å². The lowest BCUT2D eigenvalue weighted by Crippen LogP contribution is -2.44. The molecule has 1 saturated carbocycles. The Morgan fingerprint density at radius 3 is 2.46 bits per heavy atom. The van der Waals surface area contributed by atoms with Crippen LogP contribution < -0.4 is 16.0 Å². The van der Waals surface area contributed by atoms with Crippen molar-refractivity contribution in [2.75, 3.05) is 11.9 Å². The monoisotopic (exact) mass is 517 g/mol. The minimum absolute atomic E-state index is 0.207. The van der Waals surface area contributed by atoms with E-state index in [1.807, 2.05) is 11.5 Å². The van der Waals surface area contributed by atoms with Gasteiger partial charge in [-0.2, -0.15) is 0 Å². The Balaban J connectivity index is 1.55. The molecule has 0 unspecified atom stereocenters. The summed E-state index contributed by atoms with van der Waals surface area (Å²) in [5, 5.41) is 9.18. The predicted molar refractivity (Wildman–Crippen MR) is 141 cm³/mol. The Bertz CT molecular complexity index is 1030. The Morgan fingerprint density at radius 1 is 1.14 bits per heavy atom. The maximum Gasteiger partial charge on any atom is 0.248 e. The van der Waals surface area contributed by atoms with E-state index in [4.69, 9.17) is 0 Å². The lowest BCUT2D eigenvalue weighted by molar-refractivity contribution is -0.126. The standard InChI is InChI=1S/C28H41F2N5O2/c1-5-9-24(33-26(36)14-20-12-22(29)15-23(30)13-20)27(37)34-25-16-35(18-32-25)28(3,4)17-31-19(2)21-10-7-6-8-11-21/h12-13,15-16,18-19,21,24,31H,5-11,14,17H2,1-4H3,(H,33,36)(H,34,37)/t19-,24+/m1/s1. The number of amides is 2. The van der Waals surface area contributed by atoms with Crippen molar-refractivity contribution in [3.8, 4) is 0 Å². The minimum Gasteiger partial charge on any atom is -0.344 e. The number of hydrogen-bond donors (Lipinski definition) is 3. The van der Waals surface area contributed by atoms with E-state index in [-0.39, 0.29) is 23.4 Å². The van der Waals surface area contributed by atoms with Crippen LogP contribution in [0.1, 0.15) is 78.2 Å². The first-order valence-corrected chi connectivity index (χ1v) is 13.4. The molecular weight excluding hydrogens is 476 g/mol. The lowest BCUT2D eigenvalue weighted by Gasteiger charge is -2.33. The van der Waals surface area contributed by atoms with E-state index < -0.39 is 23.6 Å². The van der Waals surface area contributed by atoms with E-state index in [0.717, 1.165) is 24.7 Å². The summed E-state index contributed by atoms with van der Waals surface area (Å²) in [5.74, 6) is -1.24. The van der Waals surface area contributed by atoms with Gasteiger partial charge in [-0.05, 0) is 63.6 Å². The number of aromatic nitrogens is 2. The average molecular weight is 518 g/mol. The third kappa shape index (κ3) is 8.62. The van der Waals surface area contributed by atoms with Gasteiger partial charge in [-0.1, -0.05) is 32.6 Å². The van der Waals surface area contributed by atoms with Gasteiger partial charge in [0.1, 0.15) is 17.7 Å². The quantitative estimate of drug-likeness (QED) is 0.373. The van der Waals surface area contributed by atoms with Crippen LogP contribution in [0.2, 0.25) is 0 Å². The fourth-order valence-corrected chi connectivity index (χ4v) is 4.94. The molecule has 2 amide bonds. The van der Waals surface area contributed by atoms with Crippen LogP contribution in [0.4, 0.5) is 14.6 Å². The van der Waals surface area contributed by atoms with Gasteiger partial charge in [-0.25, -0.2) is 13.8 Å². The summed E-state index contributed by atoms with van der Waals surface area (Å²) in [4.78, 5) is 29.8. The van der Waals surface area contributed by atoms with Crippen LogP contribution >= 0.6 is 0 Å². The summed E-state index contributed by atoms with van der Waals surface area (Å²) in [7, 11) is 0. The smallest absolute Gasteiger partial charge is 0.248 e. The van der Waals surface area contributed by atoms with Crippen molar-refractivity contribution in [3.05, 3.63) is 47.9 Å². The van der Waals surface area contributed by atoms with Crippen molar-refractivity contribution in [1.82, 2.24) is 20.2 Å². The number of nitrogens with zero attached hydrogens (tertiary/aromatic N) is 2. The molecule has 1 aromatic carbocycles. The summed E-state index contributed by atoms with van der Waals surface area (Å²) in [5.41, 5.74) is -0.0473. The Kier molecular flexibility index (Phi) is 10.2. The van der Waals surface area contributed by atoms with Crippen molar-refractivity contribution in [2.45, 2.75) is 96.7 Å². The Hall–Kier alpha value is -2.81. The maximum atomic E-state index is 13.4. The molecule has 1 aliphatic carbocycles. The van der Waals surface area contributed by atoms with E-state index >= 15 is 0 Å². The number of halogens is 2. The molecule has 2 aromatic rings. The van der Waals surface area contributed by atoms with E-state index in [2.05, 4.69) is 41.7 Å². The molecule has 9 heteroatoms. The highest BCUT2D eigenvalue weighted by molar-refractivity contribution is 5.96. The van der Waals surface area contributed by atoms with Crippen molar-refractivity contribution < 1.29 is 18.4 Å².